The van der Waals surface area contributed by atoms with Crippen LogP contribution < -0.4 is 0 Å². The first kappa shape index (κ1) is 20.5. The van der Waals surface area contributed by atoms with E-state index in [1.54, 1.807) is 6.92 Å². The first-order valence-corrected chi connectivity index (χ1v) is 11.9. The molecule has 0 spiro atoms. The topological polar surface area (TPSA) is 101 Å². The van der Waals surface area contributed by atoms with E-state index in [1.807, 2.05) is 0 Å². The SMILES string of the molecule is CC(=O)[C@H]1CCC2C3CC=C4C[C@H](O)CC(OS(=O)(=O)O)[C@]4(C)C3CC[C@@]21C. The van der Waals surface area contributed by atoms with Gasteiger partial charge in [-0.3, -0.25) is 9.35 Å². The molecule has 0 aliphatic heterocycles. The molecule has 0 amide bonds. The summed E-state index contributed by atoms with van der Waals surface area (Å²) in [6.45, 7) is 6.03. The standard InChI is InChI=1S/C21H32O6S/c1-12(22)16-6-7-17-15-5-4-13-10-14(23)11-19(27-28(24,25)26)21(13,3)18(15)8-9-20(16,17)2/h4,14-19,23H,5-11H2,1-3H3,(H,24,25,26)/t14-,15?,16+,17?,18?,19?,20+,21-/m0/s1. The van der Waals surface area contributed by atoms with Crippen molar-refractivity contribution in [2.24, 2.45) is 34.5 Å². The average Bonchev–Trinajstić information content (AvgIpc) is 2.92. The third kappa shape index (κ3) is 3.01. The van der Waals surface area contributed by atoms with Gasteiger partial charge in [0.15, 0.2) is 0 Å². The van der Waals surface area contributed by atoms with Crippen LogP contribution in [-0.2, 0) is 19.4 Å². The molecule has 0 heterocycles. The zero-order valence-corrected chi connectivity index (χ0v) is 17.7. The third-order valence-corrected chi connectivity index (χ3v) is 9.35. The summed E-state index contributed by atoms with van der Waals surface area (Å²) in [5.41, 5.74) is 0.557. The van der Waals surface area contributed by atoms with Crippen molar-refractivity contribution in [1.82, 2.24) is 0 Å². The van der Waals surface area contributed by atoms with E-state index in [9.17, 15) is 22.9 Å². The van der Waals surface area contributed by atoms with Crippen molar-refractivity contribution in [3.8, 4) is 0 Å². The number of hydrogen-bond acceptors (Lipinski definition) is 5. The fourth-order valence-electron chi connectivity index (χ4n) is 7.63. The average molecular weight is 413 g/mol. The first-order valence-electron chi connectivity index (χ1n) is 10.5. The molecule has 158 valence electrons. The smallest absolute Gasteiger partial charge is 0.393 e. The molecule has 4 rings (SSSR count). The lowest BCUT2D eigenvalue weighted by Gasteiger charge is -2.59. The van der Waals surface area contributed by atoms with E-state index in [0.29, 0.717) is 18.3 Å². The highest BCUT2D eigenvalue weighted by Crippen LogP contribution is 2.66. The number of rotatable bonds is 3. The monoisotopic (exact) mass is 412 g/mol. The van der Waals surface area contributed by atoms with Crippen LogP contribution in [0.4, 0.5) is 0 Å². The van der Waals surface area contributed by atoms with Crippen LogP contribution in [0, 0.1) is 34.5 Å². The Morgan fingerprint density at radius 1 is 1.21 bits per heavy atom. The van der Waals surface area contributed by atoms with Crippen LogP contribution in [0.3, 0.4) is 0 Å². The van der Waals surface area contributed by atoms with Crippen molar-refractivity contribution in [3.63, 3.8) is 0 Å². The van der Waals surface area contributed by atoms with Gasteiger partial charge in [0.1, 0.15) is 5.78 Å². The number of aliphatic hydroxyl groups is 1. The van der Waals surface area contributed by atoms with Crippen molar-refractivity contribution >= 4 is 16.2 Å². The number of carbonyl (C=O) groups is 1. The zero-order chi connectivity index (χ0) is 20.5. The number of fused-ring (bicyclic) bond motifs is 5. The molecule has 6 nitrogen and oxygen atoms in total. The maximum absolute atomic E-state index is 12.2. The number of aliphatic hydroxyl groups excluding tert-OH is 1. The highest BCUT2D eigenvalue weighted by Gasteiger charge is 2.61. The molecule has 28 heavy (non-hydrogen) atoms. The minimum atomic E-state index is -4.61. The van der Waals surface area contributed by atoms with Gasteiger partial charge in [-0.1, -0.05) is 25.5 Å². The maximum Gasteiger partial charge on any atom is 0.397 e. The van der Waals surface area contributed by atoms with E-state index in [2.05, 4.69) is 19.9 Å². The Hall–Kier alpha value is -0.760. The van der Waals surface area contributed by atoms with Crippen molar-refractivity contribution in [2.75, 3.05) is 0 Å². The van der Waals surface area contributed by atoms with Crippen molar-refractivity contribution in [3.05, 3.63) is 11.6 Å². The van der Waals surface area contributed by atoms with Crippen LogP contribution in [-0.4, -0.2) is 36.1 Å². The Morgan fingerprint density at radius 3 is 2.57 bits per heavy atom. The van der Waals surface area contributed by atoms with Crippen molar-refractivity contribution in [2.45, 2.75) is 77.9 Å². The van der Waals surface area contributed by atoms with Crippen LogP contribution in [0.15, 0.2) is 11.6 Å². The lowest BCUT2D eigenvalue weighted by atomic mass is 9.46. The van der Waals surface area contributed by atoms with Gasteiger partial charge in [-0.25, -0.2) is 4.18 Å². The summed E-state index contributed by atoms with van der Waals surface area (Å²) in [7, 11) is -4.61. The van der Waals surface area contributed by atoms with E-state index < -0.39 is 28.0 Å². The van der Waals surface area contributed by atoms with Crippen LogP contribution in [0.25, 0.3) is 0 Å². The lowest BCUT2D eigenvalue weighted by molar-refractivity contribution is -0.130. The fourth-order valence-corrected chi connectivity index (χ4v) is 8.20. The van der Waals surface area contributed by atoms with Gasteiger partial charge < -0.3 is 5.11 Å². The molecule has 0 aromatic heterocycles. The van der Waals surface area contributed by atoms with Crippen LogP contribution in [0.5, 0.6) is 0 Å². The summed E-state index contributed by atoms with van der Waals surface area (Å²) >= 11 is 0. The minimum absolute atomic E-state index is 0.0162. The summed E-state index contributed by atoms with van der Waals surface area (Å²) in [5.74, 6) is 1.45. The lowest BCUT2D eigenvalue weighted by Crippen LogP contribution is -2.56. The Morgan fingerprint density at radius 2 is 1.93 bits per heavy atom. The Labute approximate surface area is 167 Å². The highest BCUT2D eigenvalue weighted by molar-refractivity contribution is 7.80. The van der Waals surface area contributed by atoms with Crippen LogP contribution >= 0.6 is 0 Å². The number of carbonyl (C=O) groups excluding carboxylic acids is 1. The second-order valence-electron chi connectivity index (χ2n) is 10.0. The molecule has 0 aromatic rings. The first-order chi connectivity index (χ1) is 13.0. The molecule has 3 saturated carbocycles. The second-order valence-corrected chi connectivity index (χ2v) is 11.1. The minimum Gasteiger partial charge on any atom is -0.393 e. The Bertz CT molecular complexity index is 804. The van der Waals surface area contributed by atoms with Crippen LogP contribution in [0.2, 0.25) is 0 Å². The summed E-state index contributed by atoms with van der Waals surface area (Å²) in [5, 5.41) is 10.3. The van der Waals surface area contributed by atoms with Gasteiger partial charge in [-0.2, -0.15) is 8.42 Å². The van der Waals surface area contributed by atoms with E-state index >= 15 is 0 Å². The molecule has 0 aromatic carbocycles. The summed E-state index contributed by atoms with van der Waals surface area (Å²) in [4.78, 5) is 12.2. The molecule has 2 N–H and O–H groups in total. The normalized spacial score (nSPS) is 48.2. The van der Waals surface area contributed by atoms with E-state index in [0.717, 1.165) is 37.7 Å². The molecule has 3 fully saturated rings. The fraction of sp³-hybridized carbons (Fsp3) is 0.857. The molecule has 4 aliphatic rings. The molecule has 4 aliphatic carbocycles. The van der Waals surface area contributed by atoms with Gasteiger partial charge in [-0.05, 0) is 68.6 Å². The number of ketones is 1. The van der Waals surface area contributed by atoms with E-state index in [-0.39, 0.29) is 29.5 Å². The van der Waals surface area contributed by atoms with Gasteiger partial charge in [0.25, 0.3) is 0 Å². The van der Waals surface area contributed by atoms with E-state index in [4.69, 9.17) is 4.18 Å². The van der Waals surface area contributed by atoms with Gasteiger partial charge in [0.05, 0.1) is 12.2 Å². The predicted molar refractivity (Wildman–Crippen MR) is 104 cm³/mol. The summed E-state index contributed by atoms with van der Waals surface area (Å²) in [6.07, 6.45) is 6.24. The van der Waals surface area contributed by atoms with Gasteiger partial charge in [0.2, 0.25) is 0 Å². The van der Waals surface area contributed by atoms with Crippen LogP contribution in [0.1, 0.15) is 65.7 Å². The number of Topliss-reactive ketones (excluding diaryl/α,β-unsaturated/α-hetero) is 1. The quantitative estimate of drug-likeness (QED) is 0.545. The summed E-state index contributed by atoms with van der Waals surface area (Å²) in [6, 6.07) is 0. The molecular weight excluding hydrogens is 380 g/mol. The molecule has 7 heteroatoms. The van der Waals surface area contributed by atoms with Gasteiger partial charge in [0, 0.05) is 17.8 Å². The Kier molecular flexibility index (Phi) is 4.85. The van der Waals surface area contributed by atoms with Gasteiger partial charge >= 0.3 is 10.4 Å². The van der Waals surface area contributed by atoms with Crippen molar-refractivity contribution < 1.29 is 27.1 Å². The molecule has 0 bridgehead atoms. The number of hydrogen-bond donors (Lipinski definition) is 2. The summed E-state index contributed by atoms with van der Waals surface area (Å²) < 4.78 is 37.6. The van der Waals surface area contributed by atoms with Gasteiger partial charge in [-0.15, -0.1) is 0 Å². The highest BCUT2D eigenvalue weighted by atomic mass is 32.3. The predicted octanol–water partition coefficient (Wildman–Crippen LogP) is 3.31. The second kappa shape index (κ2) is 6.62. The number of allylic oxidation sites excluding steroid dienone is 1. The molecule has 4 unspecified atom stereocenters. The third-order valence-electron chi connectivity index (χ3n) is 8.87. The maximum atomic E-state index is 12.2. The molecule has 0 saturated heterocycles. The largest absolute Gasteiger partial charge is 0.397 e. The van der Waals surface area contributed by atoms with Crippen molar-refractivity contribution in [1.29, 1.82) is 0 Å². The Balaban J connectivity index is 1.71. The molecule has 8 atom stereocenters. The molecular formula is C21H32O6S. The zero-order valence-electron chi connectivity index (χ0n) is 16.9. The van der Waals surface area contributed by atoms with E-state index in [1.165, 1.54) is 0 Å². The molecule has 0 radical (unpaired) electrons.